The Bertz CT molecular complexity index is 396. The van der Waals surface area contributed by atoms with Crippen LogP contribution in [-0.2, 0) is 26.5 Å². The summed E-state index contributed by atoms with van der Waals surface area (Å²) in [6, 6.07) is 7.24. The molecule has 4 N–H and O–H groups in total. The number of carboxylic acid groups (broad SMARTS) is 1. The van der Waals surface area contributed by atoms with Crippen LogP contribution in [0.3, 0.4) is 0 Å². The minimum Gasteiger partial charge on any atom is -0.482 e. The Morgan fingerprint density at radius 3 is 1.31 bits per heavy atom. The average Bonchev–Trinajstić information content (AvgIpc) is 2.44. The van der Waals surface area contributed by atoms with Crippen LogP contribution in [0.5, 0.6) is 5.75 Å². The number of carbonyl (C=O) groups is 1. The molecule has 0 saturated carbocycles. The second kappa shape index (κ2) is 27.1. The van der Waals surface area contributed by atoms with E-state index in [1.54, 1.807) is 53.7 Å². The third-order valence-corrected chi connectivity index (χ3v) is 1.38. The summed E-state index contributed by atoms with van der Waals surface area (Å²) >= 11 is 0. The fraction of sp³-hybridized carbons (Fsp3) is 0.636. The molecular weight excluding hydrogens is 408 g/mol. The van der Waals surface area contributed by atoms with Crippen LogP contribution in [0, 0.1) is 12.8 Å². The Labute approximate surface area is 193 Å². The first kappa shape index (κ1) is 38.7. The second-order valence-electron chi connectivity index (χ2n) is 7.28. The first-order valence-electron chi connectivity index (χ1n) is 9.33. The Morgan fingerprint density at radius 2 is 1.10 bits per heavy atom. The fourth-order valence-electron chi connectivity index (χ4n) is 0.780. The maximum atomic E-state index is 10.1. The van der Waals surface area contributed by atoms with Crippen molar-refractivity contribution in [2.45, 2.75) is 87.5 Å². The largest absolute Gasteiger partial charge is 0.482 e. The van der Waals surface area contributed by atoms with Gasteiger partial charge in [-0.2, -0.15) is 20.8 Å². The van der Waals surface area contributed by atoms with Gasteiger partial charge in [0.15, 0.2) is 6.61 Å². The molecule has 0 aliphatic heterocycles. The Hall–Kier alpha value is -0.916. The average molecular weight is 451 g/mol. The van der Waals surface area contributed by atoms with Crippen molar-refractivity contribution in [2.24, 2.45) is 0 Å². The topological polar surface area (TPSA) is 107 Å². The summed E-state index contributed by atoms with van der Waals surface area (Å²) < 4.78 is 4.92. The van der Waals surface area contributed by atoms with Crippen LogP contribution >= 0.6 is 0 Å². The first-order valence-corrected chi connectivity index (χ1v) is 9.33. The van der Waals surface area contributed by atoms with Crippen molar-refractivity contribution in [3.8, 4) is 5.75 Å². The fourth-order valence-corrected chi connectivity index (χ4v) is 0.780. The zero-order chi connectivity index (χ0) is 23.3. The van der Waals surface area contributed by atoms with Gasteiger partial charge in [-0.1, -0.05) is 17.7 Å². The molecule has 0 bridgehead atoms. The number of benzene rings is 1. The van der Waals surface area contributed by atoms with Crippen molar-refractivity contribution in [2.75, 3.05) is 6.61 Å². The van der Waals surface area contributed by atoms with Crippen molar-refractivity contribution in [3.63, 3.8) is 0 Å². The monoisotopic (exact) mass is 451 g/mol. The molecule has 0 atom stereocenters. The third-order valence-electron chi connectivity index (χ3n) is 1.38. The van der Waals surface area contributed by atoms with Crippen LogP contribution < -0.4 is 4.74 Å². The molecule has 172 valence electrons. The number of hydrogen-bond acceptors (Lipinski definition) is 5. The van der Waals surface area contributed by atoms with E-state index in [1.807, 2.05) is 19.1 Å². The van der Waals surface area contributed by atoms with Gasteiger partial charge in [-0.15, -0.1) is 0 Å². The van der Waals surface area contributed by atoms with E-state index < -0.39 is 5.97 Å². The van der Waals surface area contributed by atoms with E-state index >= 15 is 0 Å². The molecule has 1 aromatic carbocycles. The third kappa shape index (κ3) is 85.9. The summed E-state index contributed by atoms with van der Waals surface area (Å²) in [5.74, 6) is 1.04. The van der Waals surface area contributed by atoms with Crippen molar-refractivity contribution in [1.29, 1.82) is 0 Å². The molecule has 0 amide bonds. The van der Waals surface area contributed by atoms with E-state index in [2.05, 4.69) is 20.8 Å². The van der Waals surface area contributed by atoms with Crippen LogP contribution in [0.4, 0.5) is 0 Å². The summed E-state index contributed by atoms with van der Waals surface area (Å²) in [6.45, 7) is 18.3. The first-order chi connectivity index (χ1) is 12.6. The quantitative estimate of drug-likeness (QED) is 0.405. The molecule has 0 unspecified atom stereocenters. The van der Waals surface area contributed by atoms with E-state index in [0.29, 0.717) is 5.75 Å². The molecule has 6 nitrogen and oxygen atoms in total. The zero-order valence-electron chi connectivity index (χ0n) is 19.9. The Kier molecular flexibility index (Phi) is 36.1. The molecule has 1 rings (SSSR count). The maximum absolute atomic E-state index is 10.1. The number of hydrogen-bond donors (Lipinski definition) is 4. The predicted molar refractivity (Wildman–Crippen MR) is 117 cm³/mol. The minimum absolute atomic E-state index is 0. The summed E-state index contributed by atoms with van der Waals surface area (Å²) in [7, 11) is 0. The standard InChI is InChI=1S/C9H10O3.C4H9.3C3H8O.Ti/c1-7-2-4-8(5-3-7)12-6-9(10)11;1-4(2)3;3*1-3(2)4;/h2-5H,6H2,1H3,(H,10,11);1-3H3;3*3-4H,1-2H3;/q;-1;;;;. The molecule has 0 heterocycles. The summed E-state index contributed by atoms with van der Waals surface area (Å²) in [6.07, 6.45) is -0.500. The molecule has 0 spiro atoms. The SMILES string of the molecule is CC(C)O.CC(C)O.CC(C)O.C[C-](C)C.Cc1ccc(OCC(=O)O)cc1.[Ti]. The normalized spacial score (nSPS) is 8.86. The van der Waals surface area contributed by atoms with Gasteiger partial charge < -0.3 is 31.1 Å². The molecule has 0 saturated heterocycles. The van der Waals surface area contributed by atoms with Gasteiger partial charge in [-0.25, -0.2) is 4.79 Å². The van der Waals surface area contributed by atoms with Crippen LogP contribution in [0.25, 0.3) is 0 Å². The van der Waals surface area contributed by atoms with Gasteiger partial charge in [0.2, 0.25) is 0 Å². The van der Waals surface area contributed by atoms with Gasteiger partial charge in [0.1, 0.15) is 5.75 Å². The molecule has 7 heteroatoms. The van der Waals surface area contributed by atoms with Crippen LogP contribution in [0.15, 0.2) is 24.3 Å². The Morgan fingerprint density at radius 1 is 0.862 bits per heavy atom. The number of aryl methyl sites for hydroxylation is 1. The number of ether oxygens (including phenoxy) is 1. The Balaban J connectivity index is -0.0000000949. The van der Waals surface area contributed by atoms with Gasteiger partial charge in [0, 0.05) is 40.0 Å². The van der Waals surface area contributed by atoms with Gasteiger partial charge in [0.25, 0.3) is 0 Å². The van der Waals surface area contributed by atoms with Gasteiger partial charge in [-0.3, -0.25) is 0 Å². The predicted octanol–water partition coefficient (Wildman–Crippen LogP) is 4.24. The molecule has 0 fully saturated rings. The van der Waals surface area contributed by atoms with Gasteiger partial charge in [0.05, 0.1) is 0 Å². The zero-order valence-corrected chi connectivity index (χ0v) is 21.4. The van der Waals surface area contributed by atoms with Crippen LogP contribution in [0.2, 0.25) is 0 Å². The van der Waals surface area contributed by atoms with Crippen LogP contribution in [0.1, 0.15) is 67.9 Å². The molecule has 0 aliphatic rings. The number of aliphatic hydroxyl groups is 3. The molecule has 0 aliphatic carbocycles. The van der Waals surface area contributed by atoms with E-state index in [1.165, 1.54) is 5.92 Å². The molecule has 1 aromatic rings. The van der Waals surface area contributed by atoms with Gasteiger partial charge in [-0.05, 0) is 60.6 Å². The molecule has 0 aromatic heterocycles. The van der Waals surface area contributed by atoms with E-state index in [9.17, 15) is 4.79 Å². The second-order valence-corrected chi connectivity index (χ2v) is 7.28. The molecule has 29 heavy (non-hydrogen) atoms. The number of carboxylic acids is 1. The molecule has 0 radical (unpaired) electrons. The van der Waals surface area contributed by atoms with E-state index in [4.69, 9.17) is 25.2 Å². The maximum Gasteiger partial charge on any atom is 0.341 e. The summed E-state index contributed by atoms with van der Waals surface area (Å²) in [4.78, 5) is 10.1. The van der Waals surface area contributed by atoms with Gasteiger partial charge >= 0.3 is 5.97 Å². The smallest absolute Gasteiger partial charge is 0.341 e. The summed E-state index contributed by atoms with van der Waals surface area (Å²) in [5.41, 5.74) is 1.12. The number of aliphatic hydroxyl groups excluding tert-OH is 3. The summed E-state index contributed by atoms with van der Waals surface area (Å²) in [5, 5.41) is 32.5. The number of aliphatic carboxylic acids is 1. The number of rotatable bonds is 3. The van der Waals surface area contributed by atoms with E-state index in [0.717, 1.165) is 5.56 Å². The van der Waals surface area contributed by atoms with Crippen molar-refractivity contribution in [1.82, 2.24) is 0 Å². The molecular formula is C22H43O6Ti-. The van der Waals surface area contributed by atoms with Crippen molar-refractivity contribution in [3.05, 3.63) is 35.7 Å². The van der Waals surface area contributed by atoms with Crippen molar-refractivity contribution >= 4 is 5.97 Å². The van der Waals surface area contributed by atoms with E-state index in [-0.39, 0.29) is 46.6 Å². The van der Waals surface area contributed by atoms with Crippen LogP contribution in [-0.4, -0.2) is 51.3 Å². The van der Waals surface area contributed by atoms with Crippen molar-refractivity contribution < 1.29 is 51.7 Å². The minimum atomic E-state index is -0.962.